The van der Waals surface area contributed by atoms with Crippen molar-refractivity contribution >= 4 is 10.8 Å². The van der Waals surface area contributed by atoms with E-state index in [0.717, 1.165) is 48.8 Å². The van der Waals surface area contributed by atoms with Crippen LogP contribution in [0.25, 0.3) is 10.8 Å². The number of hydrogen-bond donors (Lipinski definition) is 0. The average molecular weight is 477 g/mol. The average Bonchev–Trinajstić information content (AvgIpc) is 2.85. The second-order valence-corrected chi connectivity index (χ2v) is 8.32. The molecule has 0 aliphatic rings. The van der Waals surface area contributed by atoms with Crippen molar-refractivity contribution in [3.05, 3.63) is 112 Å². The van der Waals surface area contributed by atoms with Gasteiger partial charge >= 0.3 is 6.61 Å². The number of benzene rings is 4. The fourth-order valence-corrected chi connectivity index (χ4v) is 3.95. The van der Waals surface area contributed by atoms with Crippen LogP contribution in [0.3, 0.4) is 0 Å². The Labute approximate surface area is 202 Å². The Balaban J connectivity index is 1.48. The van der Waals surface area contributed by atoms with Crippen molar-refractivity contribution in [2.75, 3.05) is 0 Å². The van der Waals surface area contributed by atoms with E-state index in [1.165, 1.54) is 17.2 Å². The molecule has 1 nitrogen and oxygen atoms in total. The van der Waals surface area contributed by atoms with Crippen LogP contribution in [-0.4, -0.2) is 6.61 Å². The van der Waals surface area contributed by atoms with Crippen LogP contribution in [0.4, 0.5) is 17.6 Å². The highest BCUT2D eigenvalue weighted by Crippen LogP contribution is 2.24. The molecule has 0 N–H and O–H groups in total. The van der Waals surface area contributed by atoms with Crippen LogP contribution in [0, 0.1) is 23.5 Å². The Morgan fingerprint density at radius 2 is 1.43 bits per heavy atom. The van der Waals surface area contributed by atoms with Crippen LogP contribution in [0.5, 0.6) is 5.75 Å². The van der Waals surface area contributed by atoms with Crippen LogP contribution in [0.15, 0.2) is 72.8 Å². The number of rotatable bonds is 7. The maximum atomic E-state index is 15.1. The monoisotopic (exact) mass is 476 g/mol. The highest BCUT2D eigenvalue weighted by molar-refractivity contribution is 5.85. The van der Waals surface area contributed by atoms with Crippen LogP contribution in [-0.2, 0) is 19.3 Å². The van der Waals surface area contributed by atoms with E-state index in [2.05, 4.69) is 47.8 Å². The molecule has 0 atom stereocenters. The molecule has 0 aliphatic heterocycles. The molecule has 0 unspecified atom stereocenters. The topological polar surface area (TPSA) is 9.23 Å². The lowest BCUT2D eigenvalue weighted by atomic mass is 9.98. The first-order valence-electron chi connectivity index (χ1n) is 11.5. The molecular weight excluding hydrogens is 452 g/mol. The predicted octanol–water partition coefficient (Wildman–Crippen LogP) is 7.86. The first-order valence-corrected chi connectivity index (χ1v) is 11.5. The summed E-state index contributed by atoms with van der Waals surface area (Å²) in [7, 11) is 0. The van der Waals surface area contributed by atoms with Gasteiger partial charge in [-0.05, 0) is 65.6 Å². The van der Waals surface area contributed by atoms with Crippen molar-refractivity contribution in [3.8, 4) is 17.6 Å². The van der Waals surface area contributed by atoms with E-state index >= 15 is 4.39 Å². The molecule has 35 heavy (non-hydrogen) atoms. The third-order valence-corrected chi connectivity index (χ3v) is 5.77. The van der Waals surface area contributed by atoms with Crippen molar-refractivity contribution in [2.24, 2.45) is 0 Å². The molecule has 4 rings (SSSR count). The van der Waals surface area contributed by atoms with Crippen LogP contribution < -0.4 is 4.74 Å². The van der Waals surface area contributed by atoms with Gasteiger partial charge in [0.1, 0.15) is 5.82 Å². The number of alkyl halides is 2. The zero-order chi connectivity index (χ0) is 24.8. The smallest absolute Gasteiger partial charge is 0.387 e. The summed E-state index contributed by atoms with van der Waals surface area (Å²) in [6.07, 6.45) is 3.97. The summed E-state index contributed by atoms with van der Waals surface area (Å²) in [5, 5.41) is 1.24. The summed E-state index contributed by atoms with van der Waals surface area (Å²) >= 11 is 0. The van der Waals surface area contributed by atoms with E-state index in [1.54, 1.807) is 12.1 Å². The van der Waals surface area contributed by atoms with E-state index in [9.17, 15) is 13.2 Å². The number of ether oxygens (including phenoxy) is 1. The summed E-state index contributed by atoms with van der Waals surface area (Å²) in [6, 6.07) is 21.2. The summed E-state index contributed by atoms with van der Waals surface area (Å²) in [4.78, 5) is 0. The van der Waals surface area contributed by atoms with Gasteiger partial charge in [0.05, 0.1) is 5.56 Å². The summed E-state index contributed by atoms with van der Waals surface area (Å²) in [5.41, 5.74) is 4.13. The molecule has 0 spiro atoms. The number of fused-ring (bicyclic) bond motifs is 1. The third kappa shape index (κ3) is 6.22. The molecule has 0 bridgehead atoms. The van der Waals surface area contributed by atoms with Gasteiger partial charge in [0.2, 0.25) is 0 Å². The lowest BCUT2D eigenvalue weighted by Gasteiger charge is -2.07. The number of hydrogen-bond acceptors (Lipinski definition) is 1. The minimum absolute atomic E-state index is 0.172. The molecule has 5 heteroatoms. The van der Waals surface area contributed by atoms with Gasteiger partial charge in [0.25, 0.3) is 0 Å². The Hall–Kier alpha value is -3.78. The lowest BCUT2D eigenvalue weighted by Crippen LogP contribution is -2.03. The van der Waals surface area contributed by atoms with E-state index in [1.807, 2.05) is 18.2 Å². The molecule has 4 aromatic carbocycles. The first-order chi connectivity index (χ1) is 16.9. The lowest BCUT2D eigenvalue weighted by molar-refractivity contribution is -0.0521. The quantitative estimate of drug-likeness (QED) is 0.195. The van der Waals surface area contributed by atoms with Crippen LogP contribution in [0.2, 0.25) is 0 Å². The summed E-state index contributed by atoms with van der Waals surface area (Å²) in [5.74, 6) is 3.41. The van der Waals surface area contributed by atoms with E-state index in [4.69, 9.17) is 0 Å². The molecule has 0 saturated heterocycles. The zero-order valence-electron chi connectivity index (χ0n) is 19.3. The molecule has 0 heterocycles. The van der Waals surface area contributed by atoms with Gasteiger partial charge in [-0.25, -0.2) is 8.78 Å². The minimum atomic E-state index is -3.12. The zero-order valence-corrected chi connectivity index (χ0v) is 19.3. The predicted molar refractivity (Wildman–Crippen MR) is 131 cm³/mol. The van der Waals surface area contributed by atoms with Gasteiger partial charge in [-0.1, -0.05) is 73.7 Å². The van der Waals surface area contributed by atoms with Gasteiger partial charge in [0, 0.05) is 10.9 Å². The molecule has 0 radical (unpaired) electrons. The fraction of sp³-hybridized carbons (Fsp3) is 0.200. The van der Waals surface area contributed by atoms with Crippen molar-refractivity contribution in [3.63, 3.8) is 0 Å². The highest BCUT2D eigenvalue weighted by Gasteiger charge is 2.10. The van der Waals surface area contributed by atoms with E-state index < -0.39 is 24.0 Å². The first kappa shape index (κ1) is 24.3. The van der Waals surface area contributed by atoms with Gasteiger partial charge < -0.3 is 4.74 Å². The second kappa shape index (κ2) is 11.1. The Morgan fingerprint density at radius 1 is 0.743 bits per heavy atom. The highest BCUT2D eigenvalue weighted by atomic mass is 19.3. The SMILES string of the molecule is CCCc1ccc(CCc2ccc3c(F)c(C#Cc4ccc(OC(F)F)c(F)c4)ccc3c2)cc1. The fourth-order valence-electron chi connectivity index (χ4n) is 3.95. The molecule has 0 saturated carbocycles. The maximum Gasteiger partial charge on any atom is 0.387 e. The Kier molecular flexibility index (Phi) is 7.72. The van der Waals surface area contributed by atoms with Gasteiger partial charge in [0.15, 0.2) is 11.6 Å². The molecule has 178 valence electrons. The largest absolute Gasteiger partial charge is 0.432 e. The normalized spacial score (nSPS) is 10.9. The molecule has 4 aromatic rings. The molecule has 0 fully saturated rings. The van der Waals surface area contributed by atoms with Crippen molar-refractivity contribution in [2.45, 2.75) is 39.2 Å². The molecule has 0 aliphatic carbocycles. The maximum absolute atomic E-state index is 15.1. The van der Waals surface area contributed by atoms with Crippen molar-refractivity contribution < 1.29 is 22.3 Å². The van der Waals surface area contributed by atoms with Gasteiger partial charge in [-0.3, -0.25) is 0 Å². The Bertz CT molecular complexity index is 1380. The molecule has 0 aromatic heterocycles. The minimum Gasteiger partial charge on any atom is -0.432 e. The van der Waals surface area contributed by atoms with Crippen LogP contribution >= 0.6 is 0 Å². The Morgan fingerprint density at radius 3 is 2.11 bits per heavy atom. The standard InChI is InChI=1S/C30H24F4O/c1-2-3-20-4-6-21(7-5-20)8-9-22-11-16-26-25(18-22)15-14-24(29(26)32)13-10-23-12-17-28(27(31)19-23)35-30(33)34/h4-7,11-12,14-19,30H,2-3,8-9H2,1H3. The van der Waals surface area contributed by atoms with Crippen molar-refractivity contribution in [1.82, 2.24) is 0 Å². The summed E-state index contributed by atoms with van der Waals surface area (Å²) < 4.78 is 57.6. The van der Waals surface area contributed by atoms with Crippen molar-refractivity contribution in [1.29, 1.82) is 0 Å². The van der Waals surface area contributed by atoms with Gasteiger partial charge in [-0.15, -0.1) is 0 Å². The molecular formula is C30H24F4O. The third-order valence-electron chi connectivity index (χ3n) is 5.77. The number of halogens is 4. The van der Waals surface area contributed by atoms with E-state index in [0.29, 0.717) is 5.39 Å². The molecule has 0 amide bonds. The van der Waals surface area contributed by atoms with E-state index in [-0.39, 0.29) is 11.1 Å². The summed E-state index contributed by atoms with van der Waals surface area (Å²) in [6.45, 7) is -0.951. The van der Waals surface area contributed by atoms with Gasteiger partial charge in [-0.2, -0.15) is 8.78 Å². The second-order valence-electron chi connectivity index (χ2n) is 8.32. The van der Waals surface area contributed by atoms with Crippen LogP contribution in [0.1, 0.15) is 41.2 Å². The number of aryl methyl sites for hydroxylation is 3.